The molecule has 0 bridgehead atoms. The minimum atomic E-state index is -1.12. The summed E-state index contributed by atoms with van der Waals surface area (Å²) in [7, 11) is 1.46. The van der Waals surface area contributed by atoms with E-state index in [9.17, 15) is 14.7 Å². The summed E-state index contributed by atoms with van der Waals surface area (Å²) in [5, 5.41) is 11.8. The van der Waals surface area contributed by atoms with Gasteiger partial charge in [-0.2, -0.15) is 0 Å². The van der Waals surface area contributed by atoms with Gasteiger partial charge in [0.25, 0.3) is 0 Å². The van der Waals surface area contributed by atoms with Gasteiger partial charge in [0, 0.05) is 6.04 Å². The van der Waals surface area contributed by atoms with Crippen molar-refractivity contribution in [3.05, 3.63) is 23.8 Å². The first kappa shape index (κ1) is 14.3. The lowest BCUT2D eigenvalue weighted by molar-refractivity contribution is -0.120. The second-order valence-corrected chi connectivity index (χ2v) is 4.91. The number of nitrogens with two attached hydrogens (primary N) is 1. The van der Waals surface area contributed by atoms with Gasteiger partial charge in [-0.1, -0.05) is 6.42 Å². The Morgan fingerprint density at radius 2 is 2.15 bits per heavy atom. The Labute approximate surface area is 116 Å². The van der Waals surface area contributed by atoms with E-state index >= 15 is 0 Å². The Kier molecular flexibility index (Phi) is 4.24. The largest absolute Gasteiger partial charge is 0.497 e. The molecule has 1 aromatic rings. The predicted molar refractivity (Wildman–Crippen MR) is 73.9 cm³/mol. The first-order valence-electron chi connectivity index (χ1n) is 6.50. The summed E-state index contributed by atoms with van der Waals surface area (Å²) >= 11 is 0. The van der Waals surface area contributed by atoms with Crippen molar-refractivity contribution in [1.82, 2.24) is 0 Å². The zero-order valence-electron chi connectivity index (χ0n) is 11.3. The lowest BCUT2D eigenvalue weighted by Crippen LogP contribution is -2.34. The molecule has 6 nitrogen and oxygen atoms in total. The normalized spacial score (nSPS) is 21.5. The second kappa shape index (κ2) is 5.92. The Morgan fingerprint density at radius 1 is 1.40 bits per heavy atom. The van der Waals surface area contributed by atoms with E-state index in [4.69, 9.17) is 10.5 Å². The first-order valence-corrected chi connectivity index (χ1v) is 6.50. The summed E-state index contributed by atoms with van der Waals surface area (Å²) in [6.07, 6.45) is 2.49. The lowest BCUT2D eigenvalue weighted by Gasteiger charge is -2.16. The molecular weight excluding hydrogens is 260 g/mol. The molecule has 1 amide bonds. The van der Waals surface area contributed by atoms with Crippen LogP contribution in [-0.2, 0) is 4.79 Å². The van der Waals surface area contributed by atoms with Crippen molar-refractivity contribution in [3.63, 3.8) is 0 Å². The standard InChI is InChI=1S/C14H18N2O4/c1-20-8-5-6-12(10(7-8)14(18)19)16-13(17)9-3-2-4-11(9)15/h5-7,9,11H,2-4,15H2,1H3,(H,16,17)(H,18,19). The topological polar surface area (TPSA) is 102 Å². The average Bonchev–Trinajstić information content (AvgIpc) is 2.85. The molecule has 108 valence electrons. The molecule has 1 aliphatic rings. The van der Waals surface area contributed by atoms with Crippen molar-refractivity contribution in [2.45, 2.75) is 25.3 Å². The molecule has 0 saturated heterocycles. The average molecular weight is 278 g/mol. The van der Waals surface area contributed by atoms with Gasteiger partial charge in [0.1, 0.15) is 5.75 Å². The summed E-state index contributed by atoms with van der Waals surface area (Å²) < 4.78 is 4.99. The van der Waals surface area contributed by atoms with E-state index in [1.165, 1.54) is 19.2 Å². The molecule has 0 spiro atoms. The van der Waals surface area contributed by atoms with Crippen LogP contribution >= 0.6 is 0 Å². The lowest BCUT2D eigenvalue weighted by atomic mass is 10.0. The Balaban J connectivity index is 2.20. The highest BCUT2D eigenvalue weighted by Crippen LogP contribution is 2.27. The number of methoxy groups -OCH3 is 1. The predicted octanol–water partition coefficient (Wildman–Crippen LogP) is 1.46. The summed E-state index contributed by atoms with van der Waals surface area (Å²) in [6, 6.07) is 4.37. The number of rotatable bonds is 4. The molecular formula is C14H18N2O4. The fourth-order valence-electron chi connectivity index (χ4n) is 2.48. The zero-order valence-corrected chi connectivity index (χ0v) is 11.3. The summed E-state index contributed by atoms with van der Waals surface area (Å²) in [6.45, 7) is 0. The highest BCUT2D eigenvalue weighted by Gasteiger charge is 2.30. The van der Waals surface area contributed by atoms with Crippen LogP contribution in [0.15, 0.2) is 18.2 Å². The van der Waals surface area contributed by atoms with Gasteiger partial charge >= 0.3 is 5.97 Å². The number of hydrogen-bond donors (Lipinski definition) is 3. The van der Waals surface area contributed by atoms with Crippen LogP contribution in [0.5, 0.6) is 5.75 Å². The second-order valence-electron chi connectivity index (χ2n) is 4.91. The van der Waals surface area contributed by atoms with E-state index in [1.807, 2.05) is 0 Å². The van der Waals surface area contributed by atoms with Crippen LogP contribution in [0.1, 0.15) is 29.6 Å². The molecule has 2 atom stereocenters. The minimum Gasteiger partial charge on any atom is -0.497 e. The molecule has 0 radical (unpaired) electrons. The van der Waals surface area contributed by atoms with Gasteiger partial charge in [-0.25, -0.2) is 4.79 Å². The molecule has 2 rings (SSSR count). The highest BCUT2D eigenvalue weighted by molar-refractivity contribution is 6.01. The Hall–Kier alpha value is -2.08. The third-order valence-corrected chi connectivity index (χ3v) is 3.62. The number of amides is 1. The Morgan fingerprint density at radius 3 is 2.70 bits per heavy atom. The molecule has 2 unspecified atom stereocenters. The van der Waals surface area contributed by atoms with E-state index in [-0.39, 0.29) is 29.1 Å². The van der Waals surface area contributed by atoms with E-state index in [2.05, 4.69) is 5.32 Å². The van der Waals surface area contributed by atoms with Gasteiger partial charge in [-0.3, -0.25) is 4.79 Å². The fourth-order valence-corrected chi connectivity index (χ4v) is 2.48. The molecule has 0 heterocycles. The molecule has 1 saturated carbocycles. The van der Waals surface area contributed by atoms with E-state index in [0.29, 0.717) is 5.75 Å². The van der Waals surface area contributed by atoms with Crippen LogP contribution < -0.4 is 15.8 Å². The fraction of sp³-hybridized carbons (Fsp3) is 0.429. The third kappa shape index (κ3) is 2.91. The van der Waals surface area contributed by atoms with Crippen LogP contribution in [0.2, 0.25) is 0 Å². The van der Waals surface area contributed by atoms with E-state index in [0.717, 1.165) is 19.3 Å². The number of benzene rings is 1. The van der Waals surface area contributed by atoms with Gasteiger partial charge < -0.3 is 20.9 Å². The molecule has 1 aliphatic carbocycles. The number of nitrogens with one attached hydrogen (secondary N) is 1. The maximum Gasteiger partial charge on any atom is 0.337 e. The van der Waals surface area contributed by atoms with Gasteiger partial charge in [0.2, 0.25) is 5.91 Å². The van der Waals surface area contributed by atoms with Gasteiger partial charge in [0.15, 0.2) is 0 Å². The molecule has 6 heteroatoms. The molecule has 0 aromatic heterocycles. The minimum absolute atomic E-state index is 0.00395. The maximum atomic E-state index is 12.1. The number of carbonyl (C=O) groups excluding carboxylic acids is 1. The van der Waals surface area contributed by atoms with Crippen molar-refractivity contribution in [1.29, 1.82) is 0 Å². The van der Waals surface area contributed by atoms with Crippen LogP contribution in [0.25, 0.3) is 0 Å². The number of aromatic carboxylic acids is 1. The molecule has 1 aromatic carbocycles. The summed E-state index contributed by atoms with van der Waals surface area (Å²) in [5.41, 5.74) is 6.15. The summed E-state index contributed by atoms with van der Waals surface area (Å²) in [4.78, 5) is 23.4. The van der Waals surface area contributed by atoms with Gasteiger partial charge in [-0.15, -0.1) is 0 Å². The zero-order chi connectivity index (χ0) is 14.7. The highest BCUT2D eigenvalue weighted by atomic mass is 16.5. The molecule has 0 aliphatic heterocycles. The summed E-state index contributed by atoms with van der Waals surface area (Å²) in [5.74, 6) is -1.16. The number of hydrogen-bond acceptors (Lipinski definition) is 4. The van der Waals surface area contributed by atoms with E-state index in [1.54, 1.807) is 6.07 Å². The third-order valence-electron chi connectivity index (χ3n) is 3.62. The molecule has 4 N–H and O–H groups in total. The monoisotopic (exact) mass is 278 g/mol. The van der Waals surface area contributed by atoms with Gasteiger partial charge in [-0.05, 0) is 31.0 Å². The van der Waals surface area contributed by atoms with Gasteiger partial charge in [0.05, 0.1) is 24.3 Å². The van der Waals surface area contributed by atoms with Crippen molar-refractivity contribution < 1.29 is 19.4 Å². The van der Waals surface area contributed by atoms with Crippen LogP contribution in [0.3, 0.4) is 0 Å². The first-order chi connectivity index (χ1) is 9.52. The van der Waals surface area contributed by atoms with E-state index < -0.39 is 5.97 Å². The number of carboxylic acids is 1. The smallest absolute Gasteiger partial charge is 0.337 e. The van der Waals surface area contributed by atoms with Crippen LogP contribution in [0, 0.1) is 5.92 Å². The van der Waals surface area contributed by atoms with Crippen molar-refractivity contribution in [3.8, 4) is 5.75 Å². The van der Waals surface area contributed by atoms with Crippen molar-refractivity contribution in [2.75, 3.05) is 12.4 Å². The number of carbonyl (C=O) groups is 2. The number of carboxylic acid groups (broad SMARTS) is 1. The number of anilines is 1. The molecule has 20 heavy (non-hydrogen) atoms. The number of ether oxygens (including phenoxy) is 1. The van der Waals surface area contributed by atoms with Crippen LogP contribution in [0.4, 0.5) is 5.69 Å². The quantitative estimate of drug-likeness (QED) is 0.774. The Bertz CT molecular complexity index is 530. The SMILES string of the molecule is COc1ccc(NC(=O)C2CCCC2N)c(C(=O)O)c1. The van der Waals surface area contributed by atoms with Crippen LogP contribution in [-0.4, -0.2) is 30.1 Å². The maximum absolute atomic E-state index is 12.1. The van der Waals surface area contributed by atoms with Crippen molar-refractivity contribution >= 4 is 17.6 Å². The van der Waals surface area contributed by atoms with Crippen molar-refractivity contribution in [2.24, 2.45) is 11.7 Å². The molecule has 1 fully saturated rings.